The van der Waals surface area contributed by atoms with Crippen molar-refractivity contribution < 1.29 is 14.7 Å². The molecule has 2 amide bonds. The molecule has 0 aliphatic carbocycles. The molecule has 0 bridgehead atoms. The Morgan fingerprint density at radius 2 is 2.06 bits per heavy atom. The number of carboxylic acid groups (broad SMARTS) is 1. The minimum atomic E-state index is -0.876. The number of carbonyl (C=O) groups excluding carboxylic acids is 1. The number of nitrogens with zero attached hydrogens (tertiary/aromatic N) is 2. The van der Waals surface area contributed by atoms with Crippen molar-refractivity contribution in [2.75, 3.05) is 13.6 Å². The predicted octanol–water partition coefficient (Wildman–Crippen LogP) is 1.63. The third kappa shape index (κ3) is 2.70. The molecule has 1 rings (SSSR count). The Bertz CT molecular complexity index is 326. The molecular weight excluding hydrogens is 220 g/mol. The molecule has 5 heteroatoms. The van der Waals surface area contributed by atoms with Gasteiger partial charge in [0.15, 0.2) is 0 Å². The molecule has 17 heavy (non-hydrogen) atoms. The van der Waals surface area contributed by atoms with Crippen LogP contribution < -0.4 is 0 Å². The summed E-state index contributed by atoms with van der Waals surface area (Å²) in [6.07, 6.45) is -0.0304. The van der Waals surface area contributed by atoms with Crippen molar-refractivity contribution in [2.45, 2.75) is 45.7 Å². The summed E-state index contributed by atoms with van der Waals surface area (Å²) >= 11 is 0. The Labute approximate surface area is 102 Å². The van der Waals surface area contributed by atoms with Gasteiger partial charge in [0.05, 0.1) is 12.5 Å². The highest BCUT2D eigenvalue weighted by atomic mass is 16.4. The molecule has 0 aromatic rings. The summed E-state index contributed by atoms with van der Waals surface area (Å²) in [5.41, 5.74) is -0.638. The van der Waals surface area contributed by atoms with E-state index in [9.17, 15) is 9.59 Å². The molecule has 0 spiro atoms. The summed E-state index contributed by atoms with van der Waals surface area (Å²) in [5.74, 6) is -0.506. The van der Waals surface area contributed by atoms with Crippen LogP contribution in [0.1, 0.15) is 34.1 Å². The molecule has 1 fully saturated rings. The first-order chi connectivity index (χ1) is 7.66. The molecule has 1 saturated heterocycles. The van der Waals surface area contributed by atoms with Gasteiger partial charge in [-0.15, -0.1) is 0 Å². The second-order valence-corrected chi connectivity index (χ2v) is 5.70. The highest BCUT2D eigenvalue weighted by Crippen LogP contribution is 2.29. The van der Waals surface area contributed by atoms with Gasteiger partial charge in [-0.05, 0) is 19.8 Å². The topological polar surface area (TPSA) is 60.9 Å². The Hall–Kier alpha value is -1.26. The number of hydrogen-bond acceptors (Lipinski definition) is 2. The smallest absolute Gasteiger partial charge is 0.320 e. The van der Waals surface area contributed by atoms with E-state index in [0.717, 1.165) is 0 Å². The highest BCUT2D eigenvalue weighted by Gasteiger charge is 2.43. The van der Waals surface area contributed by atoms with Gasteiger partial charge in [-0.2, -0.15) is 0 Å². The quantitative estimate of drug-likeness (QED) is 0.815. The van der Waals surface area contributed by atoms with E-state index in [1.807, 2.05) is 0 Å². The van der Waals surface area contributed by atoms with Crippen LogP contribution in [0.3, 0.4) is 0 Å². The minimum Gasteiger partial charge on any atom is -0.481 e. The molecule has 0 radical (unpaired) electrons. The van der Waals surface area contributed by atoms with Gasteiger partial charge in [-0.25, -0.2) is 4.79 Å². The number of carbonyl (C=O) groups is 2. The van der Waals surface area contributed by atoms with E-state index in [1.54, 1.807) is 30.7 Å². The summed E-state index contributed by atoms with van der Waals surface area (Å²) in [4.78, 5) is 26.3. The predicted molar refractivity (Wildman–Crippen MR) is 64.8 cm³/mol. The van der Waals surface area contributed by atoms with Crippen molar-refractivity contribution in [1.82, 2.24) is 9.80 Å². The number of aliphatic carboxylic acids is 1. The Morgan fingerprint density at radius 3 is 2.41 bits per heavy atom. The number of likely N-dealkylation sites (N-methyl/N-ethyl adjacent to an activating group) is 1. The van der Waals surface area contributed by atoms with Crippen LogP contribution in [-0.2, 0) is 4.79 Å². The summed E-state index contributed by atoms with van der Waals surface area (Å²) in [6, 6.07) is 0.0884. The third-order valence-electron chi connectivity index (χ3n) is 3.48. The molecular formula is C12H22N2O3. The number of carboxylic acids is 1. The van der Waals surface area contributed by atoms with Gasteiger partial charge in [0.2, 0.25) is 0 Å². The Balaban J connectivity index is 2.86. The van der Waals surface area contributed by atoms with E-state index in [4.69, 9.17) is 5.11 Å². The molecule has 98 valence electrons. The van der Waals surface area contributed by atoms with Crippen molar-refractivity contribution in [1.29, 1.82) is 0 Å². The minimum absolute atomic E-state index is 0.0304. The van der Waals surface area contributed by atoms with Gasteiger partial charge in [0, 0.05) is 19.1 Å². The average molecular weight is 242 g/mol. The second kappa shape index (κ2) is 4.55. The molecule has 1 heterocycles. The van der Waals surface area contributed by atoms with Gasteiger partial charge in [0.1, 0.15) is 0 Å². The van der Waals surface area contributed by atoms with Crippen molar-refractivity contribution in [3.63, 3.8) is 0 Å². The monoisotopic (exact) mass is 242 g/mol. The Morgan fingerprint density at radius 1 is 1.53 bits per heavy atom. The Kier molecular flexibility index (Phi) is 3.69. The lowest BCUT2D eigenvalue weighted by atomic mass is 9.97. The first kappa shape index (κ1) is 13.8. The summed E-state index contributed by atoms with van der Waals surface area (Å²) in [5, 5.41) is 8.89. The average Bonchev–Trinajstić information content (AvgIpc) is 2.42. The fraction of sp³-hybridized carbons (Fsp3) is 0.833. The summed E-state index contributed by atoms with van der Waals surface area (Å²) < 4.78 is 0. The van der Waals surface area contributed by atoms with Gasteiger partial charge < -0.3 is 14.9 Å². The normalized spacial score (nSPS) is 21.5. The number of rotatable bonds is 4. The molecule has 5 nitrogen and oxygen atoms in total. The molecule has 1 N–H and O–H groups in total. The summed E-state index contributed by atoms with van der Waals surface area (Å²) in [7, 11) is 1.78. The van der Waals surface area contributed by atoms with Crippen molar-refractivity contribution in [3.05, 3.63) is 0 Å². The van der Waals surface area contributed by atoms with E-state index in [2.05, 4.69) is 13.8 Å². The zero-order chi connectivity index (χ0) is 13.4. The maximum absolute atomic E-state index is 12.1. The molecule has 0 aromatic heterocycles. The van der Waals surface area contributed by atoms with Crippen LogP contribution in [0.5, 0.6) is 0 Å². The zero-order valence-electron chi connectivity index (χ0n) is 11.2. The first-order valence-electron chi connectivity index (χ1n) is 5.93. The van der Waals surface area contributed by atoms with Crippen molar-refractivity contribution >= 4 is 12.0 Å². The van der Waals surface area contributed by atoms with Crippen LogP contribution in [0, 0.1) is 5.92 Å². The van der Waals surface area contributed by atoms with E-state index >= 15 is 0 Å². The number of urea groups is 1. The van der Waals surface area contributed by atoms with Crippen LogP contribution in [0.15, 0.2) is 0 Å². The molecule has 0 saturated carbocycles. The standard InChI is InChI=1S/C12H22N2O3/c1-8(2)9-7-14(11(17)13(9)5)12(3,4)6-10(15)16/h8-9H,6-7H2,1-5H3,(H,15,16). The van der Waals surface area contributed by atoms with E-state index in [0.29, 0.717) is 12.5 Å². The van der Waals surface area contributed by atoms with E-state index < -0.39 is 11.5 Å². The lowest BCUT2D eigenvalue weighted by Crippen LogP contribution is -2.47. The van der Waals surface area contributed by atoms with Crippen LogP contribution in [0.25, 0.3) is 0 Å². The lowest BCUT2D eigenvalue weighted by Gasteiger charge is -2.33. The maximum atomic E-state index is 12.1. The largest absolute Gasteiger partial charge is 0.481 e. The van der Waals surface area contributed by atoms with Crippen LogP contribution in [-0.4, -0.2) is 52.1 Å². The van der Waals surface area contributed by atoms with Crippen molar-refractivity contribution in [2.24, 2.45) is 5.92 Å². The third-order valence-corrected chi connectivity index (χ3v) is 3.48. The lowest BCUT2D eigenvalue weighted by molar-refractivity contribution is -0.139. The second-order valence-electron chi connectivity index (χ2n) is 5.70. The highest BCUT2D eigenvalue weighted by molar-refractivity contribution is 5.79. The number of amides is 2. The fourth-order valence-electron chi connectivity index (χ4n) is 2.35. The first-order valence-corrected chi connectivity index (χ1v) is 5.93. The van der Waals surface area contributed by atoms with Gasteiger partial charge >= 0.3 is 12.0 Å². The molecule has 1 aliphatic heterocycles. The SMILES string of the molecule is CC(C)C1CN(C(C)(C)CC(=O)O)C(=O)N1C. The summed E-state index contributed by atoms with van der Waals surface area (Å²) in [6.45, 7) is 8.35. The molecule has 0 aromatic carbocycles. The van der Waals surface area contributed by atoms with Gasteiger partial charge in [-0.1, -0.05) is 13.8 Å². The van der Waals surface area contributed by atoms with Crippen LogP contribution in [0.2, 0.25) is 0 Å². The molecule has 1 aliphatic rings. The van der Waals surface area contributed by atoms with Crippen molar-refractivity contribution in [3.8, 4) is 0 Å². The fourth-order valence-corrected chi connectivity index (χ4v) is 2.35. The zero-order valence-corrected chi connectivity index (χ0v) is 11.2. The maximum Gasteiger partial charge on any atom is 0.320 e. The number of hydrogen-bond donors (Lipinski definition) is 1. The van der Waals surface area contributed by atoms with Crippen LogP contribution in [0.4, 0.5) is 4.79 Å². The van der Waals surface area contributed by atoms with Gasteiger partial charge in [-0.3, -0.25) is 4.79 Å². The van der Waals surface area contributed by atoms with Crippen LogP contribution >= 0.6 is 0 Å². The van der Waals surface area contributed by atoms with Gasteiger partial charge in [0.25, 0.3) is 0 Å². The van der Waals surface area contributed by atoms with E-state index in [-0.39, 0.29) is 18.5 Å². The van der Waals surface area contributed by atoms with E-state index in [1.165, 1.54) is 0 Å². The molecule has 1 unspecified atom stereocenters. The molecule has 1 atom stereocenters.